The standard InChI is InChI=1S/C21H30N2O4/c1-14(2-3-15-6-7-19-20(8-15)27-13-26-19)22-17-9-18(10-17)23(12-21(24)25)11-16-4-5-16/h6-8,14,16-18,22H,2-5,9-13H2,1H3,(H,24,25). The zero-order chi connectivity index (χ0) is 18.8. The highest BCUT2D eigenvalue weighted by molar-refractivity contribution is 5.69. The van der Waals surface area contributed by atoms with Gasteiger partial charge in [-0.25, -0.2) is 0 Å². The summed E-state index contributed by atoms with van der Waals surface area (Å²) in [5.74, 6) is 1.72. The molecular formula is C21H30N2O4. The van der Waals surface area contributed by atoms with Crippen molar-refractivity contribution in [3.05, 3.63) is 23.8 Å². The van der Waals surface area contributed by atoms with Gasteiger partial charge in [-0.15, -0.1) is 0 Å². The van der Waals surface area contributed by atoms with Crippen LogP contribution in [-0.2, 0) is 11.2 Å². The summed E-state index contributed by atoms with van der Waals surface area (Å²) in [6.07, 6.45) is 6.74. The number of carbonyl (C=O) groups is 1. The molecule has 0 amide bonds. The second-order valence-electron chi connectivity index (χ2n) is 8.38. The smallest absolute Gasteiger partial charge is 0.317 e. The molecule has 4 rings (SSSR count). The number of nitrogens with one attached hydrogen (secondary N) is 1. The molecule has 6 nitrogen and oxygen atoms in total. The maximum absolute atomic E-state index is 11.1. The summed E-state index contributed by atoms with van der Waals surface area (Å²) in [6.45, 7) is 3.70. The van der Waals surface area contributed by atoms with Crippen molar-refractivity contribution in [2.45, 2.75) is 63.6 Å². The maximum Gasteiger partial charge on any atom is 0.317 e. The summed E-state index contributed by atoms with van der Waals surface area (Å²) in [6, 6.07) is 7.57. The van der Waals surface area contributed by atoms with Crippen molar-refractivity contribution in [2.75, 3.05) is 19.9 Å². The predicted octanol–water partition coefficient (Wildman–Crippen LogP) is 2.65. The lowest BCUT2D eigenvalue weighted by Gasteiger charge is -2.44. The summed E-state index contributed by atoms with van der Waals surface area (Å²) >= 11 is 0. The second-order valence-corrected chi connectivity index (χ2v) is 8.38. The molecule has 1 aromatic carbocycles. The molecule has 1 heterocycles. The zero-order valence-electron chi connectivity index (χ0n) is 16.0. The molecule has 1 aliphatic heterocycles. The summed E-state index contributed by atoms with van der Waals surface area (Å²) in [5, 5.41) is 12.9. The normalized spacial score (nSPS) is 24.7. The Bertz CT molecular complexity index is 670. The van der Waals surface area contributed by atoms with Crippen LogP contribution in [0.4, 0.5) is 0 Å². The van der Waals surface area contributed by atoms with Gasteiger partial charge in [-0.3, -0.25) is 9.69 Å². The van der Waals surface area contributed by atoms with Gasteiger partial charge in [0.05, 0.1) is 6.54 Å². The molecule has 0 saturated heterocycles. The summed E-state index contributed by atoms with van der Waals surface area (Å²) in [5.41, 5.74) is 1.27. The third-order valence-electron chi connectivity index (χ3n) is 5.98. The Morgan fingerprint density at radius 2 is 2.07 bits per heavy atom. The number of ether oxygens (including phenoxy) is 2. The van der Waals surface area contributed by atoms with Gasteiger partial charge in [-0.1, -0.05) is 6.07 Å². The van der Waals surface area contributed by atoms with Gasteiger partial charge in [0.2, 0.25) is 6.79 Å². The van der Waals surface area contributed by atoms with E-state index in [9.17, 15) is 4.79 Å². The van der Waals surface area contributed by atoms with E-state index in [2.05, 4.69) is 29.3 Å². The van der Waals surface area contributed by atoms with Crippen LogP contribution in [0.3, 0.4) is 0 Å². The van der Waals surface area contributed by atoms with Gasteiger partial charge in [-0.2, -0.15) is 0 Å². The highest BCUT2D eigenvalue weighted by Gasteiger charge is 2.37. The van der Waals surface area contributed by atoms with E-state index in [-0.39, 0.29) is 6.54 Å². The summed E-state index contributed by atoms with van der Waals surface area (Å²) in [7, 11) is 0. The molecule has 2 fully saturated rings. The maximum atomic E-state index is 11.1. The lowest BCUT2D eigenvalue weighted by Crippen LogP contribution is -2.55. The molecule has 3 aliphatic rings. The van der Waals surface area contributed by atoms with Gasteiger partial charge in [0.15, 0.2) is 11.5 Å². The van der Waals surface area contributed by atoms with Crippen LogP contribution < -0.4 is 14.8 Å². The Kier molecular flexibility index (Phi) is 5.55. The van der Waals surface area contributed by atoms with Crippen molar-refractivity contribution < 1.29 is 19.4 Å². The van der Waals surface area contributed by atoms with E-state index in [1.54, 1.807) is 0 Å². The zero-order valence-corrected chi connectivity index (χ0v) is 16.0. The van der Waals surface area contributed by atoms with E-state index in [0.717, 1.165) is 49.6 Å². The van der Waals surface area contributed by atoms with E-state index in [4.69, 9.17) is 14.6 Å². The molecule has 1 atom stereocenters. The largest absolute Gasteiger partial charge is 0.480 e. The monoisotopic (exact) mass is 374 g/mol. The summed E-state index contributed by atoms with van der Waals surface area (Å²) < 4.78 is 10.8. The van der Waals surface area contributed by atoms with Gasteiger partial charge in [0, 0.05) is 24.7 Å². The van der Waals surface area contributed by atoms with Crippen LogP contribution >= 0.6 is 0 Å². The number of fused-ring (bicyclic) bond motifs is 1. The number of rotatable bonds is 10. The fraction of sp³-hybridized carbons (Fsp3) is 0.667. The Morgan fingerprint density at radius 3 is 2.81 bits per heavy atom. The van der Waals surface area contributed by atoms with Gasteiger partial charge in [-0.05, 0) is 69.1 Å². The van der Waals surface area contributed by atoms with E-state index in [1.165, 1.54) is 18.4 Å². The van der Waals surface area contributed by atoms with Crippen LogP contribution in [0.1, 0.15) is 44.6 Å². The van der Waals surface area contributed by atoms with Crippen LogP contribution in [0.2, 0.25) is 0 Å². The Balaban J connectivity index is 1.18. The molecule has 0 spiro atoms. The van der Waals surface area contributed by atoms with Gasteiger partial charge >= 0.3 is 5.97 Å². The van der Waals surface area contributed by atoms with E-state index >= 15 is 0 Å². The number of carboxylic acids is 1. The molecule has 27 heavy (non-hydrogen) atoms. The average Bonchev–Trinajstić information content (AvgIpc) is 3.28. The Hall–Kier alpha value is -1.79. The van der Waals surface area contributed by atoms with Crippen molar-refractivity contribution in [3.63, 3.8) is 0 Å². The average molecular weight is 374 g/mol. The number of hydrogen-bond acceptors (Lipinski definition) is 5. The molecule has 1 unspecified atom stereocenters. The number of aryl methyl sites for hydroxylation is 1. The van der Waals surface area contributed by atoms with Gasteiger partial charge in [0.25, 0.3) is 0 Å². The number of nitrogens with zero attached hydrogens (tertiary/aromatic N) is 1. The number of hydrogen-bond donors (Lipinski definition) is 2. The molecule has 2 saturated carbocycles. The van der Waals surface area contributed by atoms with Crippen LogP contribution in [0.25, 0.3) is 0 Å². The highest BCUT2D eigenvalue weighted by atomic mass is 16.7. The number of aliphatic carboxylic acids is 1. The third-order valence-corrected chi connectivity index (χ3v) is 5.98. The lowest BCUT2D eigenvalue weighted by molar-refractivity contribution is -0.139. The number of carboxylic acid groups (broad SMARTS) is 1. The fourth-order valence-corrected chi connectivity index (χ4v) is 4.14. The first-order valence-electron chi connectivity index (χ1n) is 10.2. The van der Waals surface area contributed by atoms with Crippen LogP contribution in [0.5, 0.6) is 11.5 Å². The van der Waals surface area contributed by atoms with E-state index < -0.39 is 5.97 Å². The molecule has 2 aliphatic carbocycles. The molecular weight excluding hydrogens is 344 g/mol. The van der Waals surface area contributed by atoms with Crippen LogP contribution in [0, 0.1) is 5.92 Å². The predicted molar refractivity (Wildman–Crippen MR) is 102 cm³/mol. The SMILES string of the molecule is CC(CCc1ccc2c(c1)OCO2)NC1CC(N(CC(=O)O)CC2CC2)C1. The van der Waals surface area contributed by atoms with Crippen LogP contribution in [-0.4, -0.2) is 54.0 Å². The van der Waals surface area contributed by atoms with Crippen molar-refractivity contribution in [2.24, 2.45) is 5.92 Å². The molecule has 148 valence electrons. The van der Waals surface area contributed by atoms with Gasteiger partial charge in [0.1, 0.15) is 0 Å². The topological polar surface area (TPSA) is 71.0 Å². The number of benzene rings is 1. The first kappa shape index (κ1) is 18.6. The molecule has 0 radical (unpaired) electrons. The molecule has 0 aromatic heterocycles. The Morgan fingerprint density at radius 1 is 1.30 bits per heavy atom. The minimum absolute atomic E-state index is 0.188. The fourth-order valence-electron chi connectivity index (χ4n) is 4.14. The summed E-state index contributed by atoms with van der Waals surface area (Å²) in [4.78, 5) is 13.3. The third kappa shape index (κ3) is 4.93. The highest BCUT2D eigenvalue weighted by Crippen LogP contribution is 2.34. The first-order chi connectivity index (χ1) is 13.1. The Labute approximate surface area is 160 Å². The van der Waals surface area contributed by atoms with Crippen molar-refractivity contribution >= 4 is 5.97 Å². The van der Waals surface area contributed by atoms with Crippen molar-refractivity contribution in [1.29, 1.82) is 0 Å². The molecule has 0 bridgehead atoms. The van der Waals surface area contributed by atoms with E-state index in [1.807, 2.05) is 6.07 Å². The van der Waals surface area contributed by atoms with Crippen molar-refractivity contribution in [3.8, 4) is 11.5 Å². The quantitative estimate of drug-likeness (QED) is 0.656. The minimum Gasteiger partial charge on any atom is -0.480 e. The van der Waals surface area contributed by atoms with E-state index in [0.29, 0.717) is 24.9 Å². The van der Waals surface area contributed by atoms with Gasteiger partial charge < -0.3 is 19.9 Å². The van der Waals surface area contributed by atoms with Crippen LogP contribution in [0.15, 0.2) is 18.2 Å². The first-order valence-corrected chi connectivity index (χ1v) is 10.2. The minimum atomic E-state index is -0.704. The molecule has 6 heteroatoms. The molecule has 1 aromatic rings. The molecule has 2 N–H and O–H groups in total. The lowest BCUT2D eigenvalue weighted by atomic mass is 9.84. The second kappa shape index (κ2) is 8.07. The van der Waals surface area contributed by atoms with Crippen molar-refractivity contribution in [1.82, 2.24) is 10.2 Å².